The Kier molecular flexibility index (Phi) is 5.66. The number of sulfonamides is 2. The zero-order chi connectivity index (χ0) is 20.5. The summed E-state index contributed by atoms with van der Waals surface area (Å²) >= 11 is 0. The van der Waals surface area contributed by atoms with Gasteiger partial charge in [-0.3, -0.25) is 4.72 Å². The highest BCUT2D eigenvalue weighted by molar-refractivity contribution is 7.92. The van der Waals surface area contributed by atoms with E-state index in [0.717, 1.165) is 0 Å². The van der Waals surface area contributed by atoms with Gasteiger partial charge in [0.25, 0.3) is 10.0 Å². The summed E-state index contributed by atoms with van der Waals surface area (Å²) in [5, 5.41) is 3.64. The van der Waals surface area contributed by atoms with Crippen molar-refractivity contribution in [2.45, 2.75) is 23.6 Å². The molecule has 1 N–H and O–H groups in total. The average Bonchev–Trinajstić information content (AvgIpc) is 3.01. The molecule has 1 aliphatic heterocycles. The van der Waals surface area contributed by atoms with Crippen LogP contribution in [0.5, 0.6) is 5.75 Å². The molecule has 0 radical (unpaired) electrons. The fraction of sp³-hybridized carbons (Fsp3) is 0.438. The van der Waals surface area contributed by atoms with Crippen LogP contribution >= 0.6 is 0 Å². The number of hydrogen-bond donors (Lipinski definition) is 1. The fourth-order valence-corrected chi connectivity index (χ4v) is 5.75. The van der Waals surface area contributed by atoms with E-state index in [-0.39, 0.29) is 45.8 Å². The third-order valence-electron chi connectivity index (χ3n) is 4.26. The second-order valence-corrected chi connectivity index (χ2v) is 9.69. The molecule has 10 nitrogen and oxygen atoms in total. The number of hydrogen-bond acceptors (Lipinski definition) is 8. The van der Waals surface area contributed by atoms with Gasteiger partial charge in [-0.05, 0) is 32.0 Å². The van der Waals surface area contributed by atoms with Crippen molar-refractivity contribution in [3.05, 3.63) is 29.7 Å². The highest BCUT2D eigenvalue weighted by Gasteiger charge is 2.29. The van der Waals surface area contributed by atoms with E-state index in [2.05, 4.69) is 9.88 Å². The summed E-state index contributed by atoms with van der Waals surface area (Å²) in [4.78, 5) is -0.150. The standard InChI is InChI=1S/C16H21N3O7S2/c1-11-16(12(2)26-17-11)27(20,21)18-14-10-13(4-5-15(14)24-3)28(22,23)19-6-8-25-9-7-19/h4-5,10,18H,6-9H2,1-3H3. The zero-order valence-electron chi connectivity index (χ0n) is 15.6. The smallest absolute Gasteiger partial charge is 0.267 e. The number of morpholine rings is 1. The van der Waals surface area contributed by atoms with Gasteiger partial charge in [-0.1, -0.05) is 5.16 Å². The van der Waals surface area contributed by atoms with Gasteiger partial charge in [-0.15, -0.1) is 0 Å². The molecule has 2 aromatic rings. The molecule has 3 rings (SSSR count). The lowest BCUT2D eigenvalue weighted by Crippen LogP contribution is -2.40. The molecule has 0 unspecified atom stereocenters. The Labute approximate surface area is 163 Å². The van der Waals surface area contributed by atoms with Crippen LogP contribution in [-0.4, -0.2) is 59.7 Å². The molecule has 12 heteroatoms. The molecular formula is C16H21N3O7S2. The first-order chi connectivity index (χ1) is 13.2. The summed E-state index contributed by atoms with van der Waals surface area (Å²) in [6.07, 6.45) is 0. The minimum Gasteiger partial charge on any atom is -0.495 e. The molecule has 0 aliphatic carbocycles. The first-order valence-electron chi connectivity index (χ1n) is 8.38. The summed E-state index contributed by atoms with van der Waals surface area (Å²) in [6, 6.07) is 4.01. The molecular weight excluding hydrogens is 410 g/mol. The molecule has 0 bridgehead atoms. The van der Waals surface area contributed by atoms with Crippen LogP contribution in [-0.2, 0) is 24.8 Å². The molecule has 1 aromatic carbocycles. The normalized spacial score (nSPS) is 16.1. The predicted molar refractivity (Wildman–Crippen MR) is 99.4 cm³/mol. The van der Waals surface area contributed by atoms with Gasteiger partial charge in [-0.25, -0.2) is 16.8 Å². The summed E-state index contributed by atoms with van der Waals surface area (Å²) < 4.78 is 70.3. The second-order valence-electron chi connectivity index (χ2n) is 6.14. The van der Waals surface area contributed by atoms with Gasteiger partial charge in [0.2, 0.25) is 10.0 Å². The molecule has 2 heterocycles. The molecule has 1 saturated heterocycles. The Balaban J connectivity index is 2.00. The number of nitrogens with one attached hydrogen (secondary N) is 1. The topological polar surface area (TPSA) is 128 Å². The van der Waals surface area contributed by atoms with Crippen molar-refractivity contribution >= 4 is 25.7 Å². The number of benzene rings is 1. The van der Waals surface area contributed by atoms with Gasteiger partial charge in [-0.2, -0.15) is 4.31 Å². The van der Waals surface area contributed by atoms with Crippen LogP contribution in [0.25, 0.3) is 0 Å². The SMILES string of the molecule is COc1ccc(S(=O)(=O)N2CCOCC2)cc1NS(=O)(=O)c1c(C)noc1C. The Hall–Kier alpha value is -2.15. The van der Waals surface area contributed by atoms with Crippen molar-refractivity contribution in [2.75, 3.05) is 38.1 Å². The maximum Gasteiger partial charge on any atom is 0.267 e. The van der Waals surface area contributed by atoms with Crippen LogP contribution in [0.4, 0.5) is 5.69 Å². The highest BCUT2D eigenvalue weighted by atomic mass is 32.2. The Morgan fingerprint density at radius 1 is 1.14 bits per heavy atom. The van der Waals surface area contributed by atoms with Crippen molar-refractivity contribution < 1.29 is 30.8 Å². The Bertz CT molecular complexity index is 1050. The Morgan fingerprint density at radius 3 is 2.39 bits per heavy atom. The number of rotatable bonds is 6. The molecule has 1 fully saturated rings. The van der Waals surface area contributed by atoms with Crippen molar-refractivity contribution in [3.8, 4) is 5.75 Å². The number of methoxy groups -OCH3 is 1. The molecule has 0 saturated carbocycles. The summed E-state index contributed by atoms with van der Waals surface area (Å²) in [5.41, 5.74) is 0.192. The molecule has 0 atom stereocenters. The number of nitrogens with zero attached hydrogens (tertiary/aromatic N) is 2. The summed E-state index contributed by atoms with van der Waals surface area (Å²) in [5.74, 6) is 0.303. The van der Waals surface area contributed by atoms with Crippen molar-refractivity contribution in [3.63, 3.8) is 0 Å². The number of aromatic nitrogens is 1. The van der Waals surface area contributed by atoms with Gasteiger partial charge >= 0.3 is 0 Å². The van der Waals surface area contributed by atoms with Crippen LogP contribution in [0.15, 0.2) is 32.5 Å². The lowest BCUT2D eigenvalue weighted by Gasteiger charge is -2.26. The van der Waals surface area contributed by atoms with Gasteiger partial charge in [0.15, 0.2) is 10.7 Å². The zero-order valence-corrected chi connectivity index (χ0v) is 17.3. The third-order valence-corrected chi connectivity index (χ3v) is 7.76. The van der Waals surface area contributed by atoms with Crippen molar-refractivity contribution in [2.24, 2.45) is 0 Å². The number of aryl methyl sites for hydroxylation is 2. The van der Waals surface area contributed by atoms with Gasteiger partial charge in [0.05, 0.1) is 30.9 Å². The molecule has 1 aromatic heterocycles. The predicted octanol–water partition coefficient (Wildman–Crippen LogP) is 1.12. The Morgan fingerprint density at radius 2 is 1.82 bits per heavy atom. The van der Waals surface area contributed by atoms with Crippen LogP contribution in [0, 0.1) is 13.8 Å². The van der Waals surface area contributed by atoms with Crippen LogP contribution in [0.3, 0.4) is 0 Å². The first kappa shape index (κ1) is 20.6. The molecule has 0 spiro atoms. The van der Waals surface area contributed by atoms with Crippen LogP contribution < -0.4 is 9.46 Å². The lowest BCUT2D eigenvalue weighted by atomic mass is 10.3. The van der Waals surface area contributed by atoms with E-state index in [1.54, 1.807) is 0 Å². The summed E-state index contributed by atoms with van der Waals surface area (Å²) in [6.45, 7) is 4.05. The maximum atomic E-state index is 12.9. The second kappa shape index (κ2) is 7.70. The largest absolute Gasteiger partial charge is 0.495 e. The monoisotopic (exact) mass is 431 g/mol. The molecule has 28 heavy (non-hydrogen) atoms. The van der Waals surface area contributed by atoms with E-state index < -0.39 is 20.0 Å². The van der Waals surface area contributed by atoms with Gasteiger partial charge in [0.1, 0.15) is 11.4 Å². The van der Waals surface area contributed by atoms with Crippen LogP contribution in [0.1, 0.15) is 11.5 Å². The van der Waals surface area contributed by atoms with E-state index in [0.29, 0.717) is 13.2 Å². The number of ether oxygens (including phenoxy) is 2. The third kappa shape index (κ3) is 3.85. The van der Waals surface area contributed by atoms with Crippen molar-refractivity contribution in [1.82, 2.24) is 9.46 Å². The quantitative estimate of drug-likeness (QED) is 0.721. The van der Waals surface area contributed by atoms with E-state index in [1.807, 2.05) is 0 Å². The lowest BCUT2D eigenvalue weighted by molar-refractivity contribution is 0.0730. The summed E-state index contributed by atoms with van der Waals surface area (Å²) in [7, 11) is -6.51. The van der Waals surface area contributed by atoms with Crippen LogP contribution in [0.2, 0.25) is 0 Å². The first-order valence-corrected chi connectivity index (χ1v) is 11.3. The minimum atomic E-state index is -4.07. The van der Waals surface area contributed by atoms with Gasteiger partial charge < -0.3 is 14.0 Å². The van der Waals surface area contributed by atoms with E-state index in [9.17, 15) is 16.8 Å². The highest BCUT2D eigenvalue weighted by Crippen LogP contribution is 2.32. The maximum absolute atomic E-state index is 12.9. The molecule has 1 aliphatic rings. The van der Waals surface area contributed by atoms with E-state index >= 15 is 0 Å². The number of anilines is 1. The van der Waals surface area contributed by atoms with Crippen molar-refractivity contribution in [1.29, 1.82) is 0 Å². The van der Waals surface area contributed by atoms with Gasteiger partial charge in [0, 0.05) is 13.1 Å². The minimum absolute atomic E-state index is 0.00293. The molecule has 0 amide bonds. The van der Waals surface area contributed by atoms with E-state index in [4.69, 9.17) is 14.0 Å². The van der Waals surface area contributed by atoms with E-state index in [1.165, 1.54) is 43.5 Å². The average molecular weight is 431 g/mol. The fourth-order valence-electron chi connectivity index (χ4n) is 2.92. The molecule has 154 valence electrons.